The Morgan fingerprint density at radius 1 is 0.878 bits per heavy atom. The second kappa shape index (κ2) is 14.6. The minimum Gasteiger partial charge on any atom is -0.458 e. The number of aryl methyl sites for hydroxylation is 1. The van der Waals surface area contributed by atoms with Crippen LogP contribution in [-0.2, 0) is 30.3 Å². The molecule has 3 N–H and O–H groups in total. The zero-order valence-electron chi connectivity index (χ0n) is 25.0. The molecule has 2 aromatic carbocycles. The van der Waals surface area contributed by atoms with Crippen LogP contribution in [0.4, 0.5) is 4.79 Å². The van der Waals surface area contributed by atoms with Crippen molar-refractivity contribution >= 4 is 23.9 Å². The van der Waals surface area contributed by atoms with Crippen molar-refractivity contribution in [1.29, 1.82) is 0 Å². The third-order valence-corrected chi connectivity index (χ3v) is 5.69. The molecule has 2 rings (SSSR count). The maximum atomic E-state index is 13.9. The summed E-state index contributed by atoms with van der Waals surface area (Å²) in [5.41, 5.74) is 0.655. The number of alkyl carbamates (subject to hydrolysis) is 1. The van der Waals surface area contributed by atoms with E-state index in [4.69, 9.17) is 9.47 Å². The van der Waals surface area contributed by atoms with Gasteiger partial charge in [-0.3, -0.25) is 9.59 Å². The van der Waals surface area contributed by atoms with Crippen LogP contribution in [-0.4, -0.2) is 70.8 Å². The van der Waals surface area contributed by atoms with Crippen LogP contribution in [0.3, 0.4) is 0 Å². The van der Waals surface area contributed by atoms with E-state index in [0.717, 1.165) is 11.1 Å². The predicted molar refractivity (Wildman–Crippen MR) is 155 cm³/mol. The molecule has 0 saturated heterocycles. The van der Waals surface area contributed by atoms with Gasteiger partial charge in [-0.05, 0) is 59.6 Å². The van der Waals surface area contributed by atoms with E-state index >= 15 is 0 Å². The summed E-state index contributed by atoms with van der Waals surface area (Å²) in [7, 11) is 0. The Balaban J connectivity index is 2.41. The van der Waals surface area contributed by atoms with Crippen molar-refractivity contribution in [2.75, 3.05) is 19.7 Å². The van der Waals surface area contributed by atoms with Gasteiger partial charge < -0.3 is 30.1 Å². The Hall–Kier alpha value is -3.92. The molecule has 0 spiro atoms. The van der Waals surface area contributed by atoms with Gasteiger partial charge in [-0.2, -0.15) is 0 Å². The molecular weight excluding hydrogens is 526 g/mol. The maximum Gasteiger partial charge on any atom is 0.408 e. The predicted octanol–water partition coefficient (Wildman–Crippen LogP) is 3.45. The van der Waals surface area contributed by atoms with E-state index in [1.54, 1.807) is 65.8 Å². The number of aliphatic hydroxyl groups is 1. The van der Waals surface area contributed by atoms with E-state index in [2.05, 4.69) is 10.6 Å². The van der Waals surface area contributed by atoms with Crippen molar-refractivity contribution in [2.45, 2.75) is 78.2 Å². The molecule has 0 aliphatic carbocycles. The number of ether oxygens (including phenoxy) is 2. The second-order valence-corrected chi connectivity index (χ2v) is 11.8. The summed E-state index contributed by atoms with van der Waals surface area (Å²) in [5.74, 6) is -1.88. The molecular formula is C31H43N3O7. The molecule has 0 bridgehead atoms. The molecule has 0 aromatic heterocycles. The highest BCUT2D eigenvalue weighted by Gasteiger charge is 2.35. The Morgan fingerprint density at radius 2 is 1.46 bits per heavy atom. The van der Waals surface area contributed by atoms with Crippen LogP contribution >= 0.6 is 0 Å². The quantitative estimate of drug-likeness (QED) is 0.353. The van der Waals surface area contributed by atoms with Gasteiger partial charge in [0.15, 0.2) is 0 Å². The zero-order valence-corrected chi connectivity index (χ0v) is 25.0. The van der Waals surface area contributed by atoms with Gasteiger partial charge in [-0.1, -0.05) is 60.2 Å². The van der Waals surface area contributed by atoms with Crippen LogP contribution in [0.2, 0.25) is 0 Å². The van der Waals surface area contributed by atoms with E-state index in [1.165, 1.54) is 4.90 Å². The molecule has 0 saturated carbocycles. The largest absolute Gasteiger partial charge is 0.458 e. The van der Waals surface area contributed by atoms with Gasteiger partial charge in [0.2, 0.25) is 11.8 Å². The first kappa shape index (κ1) is 33.3. The molecule has 41 heavy (non-hydrogen) atoms. The van der Waals surface area contributed by atoms with Gasteiger partial charge in [-0.15, -0.1) is 0 Å². The summed E-state index contributed by atoms with van der Waals surface area (Å²) in [6.45, 7) is 11.1. The van der Waals surface area contributed by atoms with E-state index in [-0.39, 0.29) is 13.0 Å². The third-order valence-electron chi connectivity index (χ3n) is 5.69. The second-order valence-electron chi connectivity index (χ2n) is 11.8. The van der Waals surface area contributed by atoms with Crippen LogP contribution in [0.1, 0.15) is 64.3 Å². The molecule has 0 aliphatic rings. The molecule has 224 valence electrons. The molecule has 0 aliphatic heterocycles. The lowest BCUT2D eigenvalue weighted by Crippen LogP contribution is -2.52. The highest BCUT2D eigenvalue weighted by atomic mass is 16.6. The maximum absolute atomic E-state index is 13.9. The van der Waals surface area contributed by atoms with Gasteiger partial charge in [0.25, 0.3) is 0 Å². The average Bonchev–Trinajstić information content (AvgIpc) is 2.86. The molecule has 3 amide bonds. The molecule has 2 aromatic rings. The number of esters is 1. The number of rotatable bonds is 11. The molecule has 2 unspecified atom stereocenters. The Bertz CT molecular complexity index is 1170. The number of carbonyl (C=O) groups excluding carboxylic acids is 4. The van der Waals surface area contributed by atoms with Crippen LogP contribution in [0.25, 0.3) is 0 Å². The number of benzene rings is 2. The Labute approximate surface area is 242 Å². The summed E-state index contributed by atoms with van der Waals surface area (Å²) in [4.78, 5) is 53.9. The summed E-state index contributed by atoms with van der Waals surface area (Å²) in [5, 5.41) is 15.0. The van der Waals surface area contributed by atoms with Crippen LogP contribution in [0, 0.1) is 6.92 Å². The highest BCUT2D eigenvalue weighted by molar-refractivity contribution is 5.92. The fourth-order valence-electron chi connectivity index (χ4n) is 3.96. The lowest BCUT2D eigenvalue weighted by atomic mass is 10.0. The molecule has 10 heteroatoms. The number of hydrogen-bond donors (Lipinski definition) is 3. The highest BCUT2D eigenvalue weighted by Crippen LogP contribution is 2.23. The van der Waals surface area contributed by atoms with E-state index in [1.807, 2.05) is 37.3 Å². The summed E-state index contributed by atoms with van der Waals surface area (Å²) >= 11 is 0. The SMILES string of the molecule is Cc1ccc(C(C(=O)NC(Cc2ccccc2)C(=O)OC(C)(C)C)N(CCO)C(=O)CNC(=O)OC(C)(C)C)cc1. The number of aliphatic hydroxyl groups excluding tert-OH is 1. The topological polar surface area (TPSA) is 134 Å². The first-order valence-corrected chi connectivity index (χ1v) is 13.6. The standard InChI is InChI=1S/C31H43N3O7/c1-21-13-15-23(16-14-21)26(34(17-18-35)25(36)20-32-29(39)41-31(5,6)7)27(37)33-24(28(38)40-30(2,3)4)19-22-11-9-8-10-12-22/h8-16,24,26,35H,17-20H2,1-7H3,(H,32,39)(H,33,37). The van der Waals surface area contributed by atoms with Gasteiger partial charge in [0.1, 0.15) is 29.8 Å². The first-order chi connectivity index (χ1) is 19.1. The van der Waals surface area contributed by atoms with E-state index < -0.39 is 60.3 Å². The van der Waals surface area contributed by atoms with Crippen LogP contribution < -0.4 is 10.6 Å². The van der Waals surface area contributed by atoms with E-state index in [9.17, 15) is 24.3 Å². The third kappa shape index (κ3) is 11.6. The number of hydrogen-bond acceptors (Lipinski definition) is 7. The van der Waals surface area contributed by atoms with Crippen molar-refractivity contribution in [3.63, 3.8) is 0 Å². The lowest BCUT2D eigenvalue weighted by molar-refractivity contribution is -0.159. The summed E-state index contributed by atoms with van der Waals surface area (Å²) < 4.78 is 10.8. The lowest BCUT2D eigenvalue weighted by Gasteiger charge is -2.33. The Morgan fingerprint density at radius 3 is 2.00 bits per heavy atom. The van der Waals surface area contributed by atoms with Crippen LogP contribution in [0.15, 0.2) is 54.6 Å². The number of nitrogens with zero attached hydrogens (tertiary/aromatic N) is 1. The van der Waals surface area contributed by atoms with Crippen molar-refractivity contribution in [1.82, 2.24) is 15.5 Å². The average molecular weight is 570 g/mol. The van der Waals surface area contributed by atoms with Gasteiger partial charge in [0, 0.05) is 13.0 Å². The minimum absolute atomic E-state index is 0.163. The normalized spacial score (nSPS) is 13.0. The minimum atomic E-state index is -1.21. The fraction of sp³-hybridized carbons (Fsp3) is 0.484. The first-order valence-electron chi connectivity index (χ1n) is 13.6. The molecule has 2 atom stereocenters. The monoisotopic (exact) mass is 569 g/mol. The van der Waals surface area contributed by atoms with Crippen LogP contribution in [0.5, 0.6) is 0 Å². The van der Waals surface area contributed by atoms with Crippen molar-refractivity contribution < 1.29 is 33.8 Å². The summed E-state index contributed by atoms with van der Waals surface area (Å²) in [6.07, 6.45) is -0.630. The smallest absolute Gasteiger partial charge is 0.408 e. The molecule has 0 fully saturated rings. The van der Waals surface area contributed by atoms with Crippen molar-refractivity contribution in [2.24, 2.45) is 0 Å². The number of carbonyl (C=O) groups is 4. The summed E-state index contributed by atoms with van der Waals surface area (Å²) in [6, 6.07) is 13.9. The zero-order chi connectivity index (χ0) is 30.8. The van der Waals surface area contributed by atoms with E-state index in [0.29, 0.717) is 5.56 Å². The van der Waals surface area contributed by atoms with Gasteiger partial charge in [0.05, 0.1) is 6.61 Å². The fourth-order valence-corrected chi connectivity index (χ4v) is 3.96. The van der Waals surface area contributed by atoms with Gasteiger partial charge in [-0.25, -0.2) is 9.59 Å². The molecule has 0 radical (unpaired) electrons. The number of amides is 3. The number of nitrogens with one attached hydrogen (secondary N) is 2. The molecule has 0 heterocycles. The molecule has 10 nitrogen and oxygen atoms in total. The van der Waals surface area contributed by atoms with Crippen molar-refractivity contribution in [3.05, 3.63) is 71.3 Å². The van der Waals surface area contributed by atoms with Gasteiger partial charge >= 0.3 is 12.1 Å². The van der Waals surface area contributed by atoms with Crippen molar-refractivity contribution in [3.8, 4) is 0 Å². The Kier molecular flexibility index (Phi) is 11.9.